The van der Waals surface area contributed by atoms with Crippen molar-refractivity contribution in [2.75, 3.05) is 6.54 Å². The van der Waals surface area contributed by atoms with Gasteiger partial charge in [0.1, 0.15) is 5.82 Å². The summed E-state index contributed by atoms with van der Waals surface area (Å²) in [4.78, 5) is 10.0. The largest absolute Gasteiger partial charge is 0.310 e. The first kappa shape index (κ1) is 13.0. The van der Waals surface area contributed by atoms with Crippen LogP contribution in [-0.2, 0) is 6.54 Å². The zero-order chi connectivity index (χ0) is 13.8. The second-order valence-corrected chi connectivity index (χ2v) is 3.71. The van der Waals surface area contributed by atoms with Gasteiger partial charge < -0.3 is 5.32 Å². The Morgan fingerprint density at radius 2 is 2.26 bits per heavy atom. The fourth-order valence-corrected chi connectivity index (χ4v) is 1.54. The lowest BCUT2D eigenvalue weighted by molar-refractivity contribution is -0.385. The van der Waals surface area contributed by atoms with Crippen molar-refractivity contribution < 1.29 is 9.31 Å². The molecule has 1 aromatic carbocycles. The van der Waals surface area contributed by atoms with E-state index in [4.69, 9.17) is 0 Å². The maximum Gasteiger partial charge on any atom is 0.274 e. The van der Waals surface area contributed by atoms with E-state index in [1.54, 1.807) is 0 Å². The Balaban J connectivity index is 2.41. The Kier molecular flexibility index (Phi) is 3.76. The average molecular weight is 266 g/mol. The summed E-state index contributed by atoms with van der Waals surface area (Å²) in [6.07, 6.45) is 0. The van der Waals surface area contributed by atoms with Gasteiger partial charge in [-0.1, -0.05) is 6.92 Å². The molecule has 0 radical (unpaired) electrons. The van der Waals surface area contributed by atoms with Crippen molar-refractivity contribution in [3.05, 3.63) is 40.0 Å². The van der Waals surface area contributed by atoms with Crippen LogP contribution in [0.5, 0.6) is 0 Å². The molecule has 0 aliphatic carbocycles. The summed E-state index contributed by atoms with van der Waals surface area (Å²) in [6.45, 7) is 3.02. The van der Waals surface area contributed by atoms with E-state index in [1.807, 2.05) is 6.92 Å². The lowest BCUT2D eigenvalue weighted by Gasteiger charge is -2.05. The summed E-state index contributed by atoms with van der Waals surface area (Å²) >= 11 is 0. The summed E-state index contributed by atoms with van der Waals surface area (Å²) in [7, 11) is 0. The minimum absolute atomic E-state index is 0.213. The van der Waals surface area contributed by atoms with E-state index in [0.717, 1.165) is 18.7 Å². The molecule has 1 heterocycles. The van der Waals surface area contributed by atoms with Crippen molar-refractivity contribution in [3.8, 4) is 5.69 Å². The third-order valence-electron chi connectivity index (χ3n) is 2.39. The quantitative estimate of drug-likeness (QED) is 0.635. The summed E-state index contributed by atoms with van der Waals surface area (Å²) in [6, 6.07) is 3.20. The lowest BCUT2D eigenvalue weighted by atomic mass is 10.2. The molecule has 1 aromatic heterocycles. The van der Waals surface area contributed by atoms with Crippen LogP contribution in [0, 0.1) is 15.9 Å². The highest BCUT2D eigenvalue weighted by molar-refractivity contribution is 5.43. The number of nitro benzene ring substituents is 1. The Hall–Kier alpha value is -2.42. The fraction of sp³-hybridized carbons (Fsp3) is 0.300. The van der Waals surface area contributed by atoms with Gasteiger partial charge in [-0.3, -0.25) is 10.1 Å². The minimum atomic E-state index is -0.714. The van der Waals surface area contributed by atoms with E-state index in [9.17, 15) is 14.5 Å². The fourth-order valence-electron chi connectivity index (χ4n) is 1.54. The molecule has 0 aliphatic heterocycles. The number of rotatable bonds is 5. The van der Waals surface area contributed by atoms with Crippen molar-refractivity contribution in [3.63, 3.8) is 0 Å². The Morgan fingerprint density at radius 3 is 2.95 bits per heavy atom. The second kappa shape index (κ2) is 5.48. The zero-order valence-electron chi connectivity index (χ0n) is 10.1. The van der Waals surface area contributed by atoms with Gasteiger partial charge in [-0.2, -0.15) is 4.68 Å². The molecule has 0 saturated carbocycles. The van der Waals surface area contributed by atoms with Crippen LogP contribution in [0.2, 0.25) is 0 Å². The zero-order valence-corrected chi connectivity index (χ0v) is 10.1. The molecule has 0 atom stereocenters. The van der Waals surface area contributed by atoms with Crippen molar-refractivity contribution in [1.29, 1.82) is 0 Å². The van der Waals surface area contributed by atoms with E-state index in [-0.39, 0.29) is 11.4 Å². The molecule has 0 saturated heterocycles. The van der Waals surface area contributed by atoms with Crippen LogP contribution < -0.4 is 5.32 Å². The topological polar surface area (TPSA) is 98.8 Å². The van der Waals surface area contributed by atoms with Crippen LogP contribution in [0.25, 0.3) is 5.69 Å². The molecule has 0 bridgehead atoms. The van der Waals surface area contributed by atoms with Crippen molar-refractivity contribution in [2.45, 2.75) is 13.5 Å². The summed E-state index contributed by atoms with van der Waals surface area (Å²) < 4.78 is 14.6. The maximum absolute atomic E-state index is 13.4. The molecule has 2 aromatic rings. The SMILES string of the molecule is CCNCc1nnnn1-c1cc(F)cc([N+](=O)[O-])c1. The van der Waals surface area contributed by atoms with E-state index in [0.29, 0.717) is 12.4 Å². The van der Waals surface area contributed by atoms with Crippen LogP contribution in [0.4, 0.5) is 10.1 Å². The van der Waals surface area contributed by atoms with Gasteiger partial charge >= 0.3 is 0 Å². The standard InChI is InChI=1S/C10H11FN6O2/c1-2-12-6-10-13-14-15-16(10)8-3-7(11)4-9(5-8)17(18)19/h3-5,12H,2,6H2,1H3. The van der Waals surface area contributed by atoms with Gasteiger partial charge in [0.05, 0.1) is 23.2 Å². The molecule has 100 valence electrons. The van der Waals surface area contributed by atoms with Gasteiger partial charge in [-0.05, 0) is 17.0 Å². The van der Waals surface area contributed by atoms with Crippen LogP contribution in [0.15, 0.2) is 18.2 Å². The predicted molar refractivity (Wildman–Crippen MR) is 63.1 cm³/mol. The van der Waals surface area contributed by atoms with Crippen LogP contribution >= 0.6 is 0 Å². The number of halogens is 1. The van der Waals surface area contributed by atoms with Crippen LogP contribution in [0.1, 0.15) is 12.7 Å². The molecular weight excluding hydrogens is 255 g/mol. The molecule has 0 spiro atoms. The Morgan fingerprint density at radius 1 is 1.47 bits per heavy atom. The number of hydrogen-bond donors (Lipinski definition) is 1. The van der Waals surface area contributed by atoms with Crippen molar-refractivity contribution in [1.82, 2.24) is 25.5 Å². The highest BCUT2D eigenvalue weighted by Gasteiger charge is 2.14. The van der Waals surface area contributed by atoms with Gasteiger partial charge in [0.15, 0.2) is 5.82 Å². The first-order chi connectivity index (χ1) is 9.11. The summed E-state index contributed by atoms with van der Waals surface area (Å²) in [5, 5.41) is 24.7. The molecule has 1 N–H and O–H groups in total. The monoisotopic (exact) mass is 266 g/mol. The van der Waals surface area contributed by atoms with Crippen LogP contribution in [0.3, 0.4) is 0 Å². The number of hydrogen-bond acceptors (Lipinski definition) is 6. The van der Waals surface area contributed by atoms with E-state index < -0.39 is 10.7 Å². The lowest BCUT2D eigenvalue weighted by Crippen LogP contribution is -2.16. The smallest absolute Gasteiger partial charge is 0.274 e. The highest BCUT2D eigenvalue weighted by Crippen LogP contribution is 2.19. The predicted octanol–water partition coefficient (Wildman–Crippen LogP) is 0.819. The summed E-state index contributed by atoms with van der Waals surface area (Å²) in [5.74, 6) is -0.268. The minimum Gasteiger partial charge on any atom is -0.310 e. The third-order valence-corrected chi connectivity index (χ3v) is 2.39. The molecule has 9 heteroatoms. The highest BCUT2D eigenvalue weighted by atomic mass is 19.1. The second-order valence-electron chi connectivity index (χ2n) is 3.71. The van der Waals surface area contributed by atoms with Gasteiger partial charge in [0.25, 0.3) is 5.69 Å². The van der Waals surface area contributed by atoms with Crippen molar-refractivity contribution in [2.24, 2.45) is 0 Å². The molecule has 8 nitrogen and oxygen atoms in total. The molecule has 0 amide bonds. The van der Waals surface area contributed by atoms with Gasteiger partial charge in [0.2, 0.25) is 0 Å². The molecule has 2 rings (SSSR count). The molecular formula is C10H11FN6O2. The Labute approximate surface area is 107 Å². The maximum atomic E-state index is 13.4. The first-order valence-electron chi connectivity index (χ1n) is 5.55. The van der Waals surface area contributed by atoms with Gasteiger partial charge in [0, 0.05) is 12.1 Å². The van der Waals surface area contributed by atoms with Gasteiger partial charge in [-0.25, -0.2) is 4.39 Å². The number of benzene rings is 1. The Bertz CT molecular complexity index is 599. The van der Waals surface area contributed by atoms with E-state index >= 15 is 0 Å². The molecule has 0 aliphatic rings. The number of nitrogens with one attached hydrogen (secondary N) is 1. The first-order valence-corrected chi connectivity index (χ1v) is 5.55. The number of non-ortho nitro benzene ring substituents is 1. The third kappa shape index (κ3) is 2.88. The number of nitro groups is 1. The average Bonchev–Trinajstić information content (AvgIpc) is 2.83. The number of aromatic nitrogens is 4. The van der Waals surface area contributed by atoms with E-state index in [2.05, 4.69) is 20.8 Å². The summed E-state index contributed by atoms with van der Waals surface area (Å²) in [5.41, 5.74) is -0.135. The van der Waals surface area contributed by atoms with E-state index in [1.165, 1.54) is 10.7 Å². The molecule has 0 unspecified atom stereocenters. The van der Waals surface area contributed by atoms with Crippen molar-refractivity contribution >= 4 is 5.69 Å². The normalized spacial score (nSPS) is 10.6. The number of nitrogens with zero attached hydrogens (tertiary/aromatic N) is 5. The number of tetrazole rings is 1. The van der Waals surface area contributed by atoms with Gasteiger partial charge in [-0.15, -0.1) is 5.10 Å². The van der Waals surface area contributed by atoms with Crippen LogP contribution in [-0.4, -0.2) is 31.7 Å². The molecule has 19 heavy (non-hydrogen) atoms. The molecule has 0 fully saturated rings.